The minimum atomic E-state index is -1.37. The molecule has 0 bridgehead atoms. The van der Waals surface area contributed by atoms with Crippen LogP contribution in [0.2, 0.25) is 0 Å². The van der Waals surface area contributed by atoms with Crippen molar-refractivity contribution in [3.8, 4) is 17.3 Å². The number of para-hydroxylation sites is 2. The summed E-state index contributed by atoms with van der Waals surface area (Å²) >= 11 is 0. The van der Waals surface area contributed by atoms with Crippen molar-refractivity contribution in [1.82, 2.24) is 4.57 Å². The van der Waals surface area contributed by atoms with E-state index in [1.165, 1.54) is 0 Å². The van der Waals surface area contributed by atoms with Crippen molar-refractivity contribution in [3.63, 3.8) is 0 Å². The minimum Gasteiger partial charge on any atom is -0.488 e. The van der Waals surface area contributed by atoms with Gasteiger partial charge in [-0.15, -0.1) is 0 Å². The molecule has 1 heterocycles. The van der Waals surface area contributed by atoms with E-state index >= 15 is 0 Å². The molecule has 0 amide bonds. The van der Waals surface area contributed by atoms with Crippen LogP contribution in [0.15, 0.2) is 54.6 Å². The highest BCUT2D eigenvalue weighted by molar-refractivity contribution is 5.92. The van der Waals surface area contributed by atoms with Crippen LogP contribution in [0.25, 0.3) is 16.6 Å². The van der Waals surface area contributed by atoms with Crippen molar-refractivity contribution in [2.75, 3.05) is 6.61 Å². The van der Waals surface area contributed by atoms with Crippen molar-refractivity contribution in [2.45, 2.75) is 6.92 Å². The van der Waals surface area contributed by atoms with Crippen LogP contribution in [0.1, 0.15) is 6.92 Å². The SMILES string of the molecule is CCOc1c(OC(=O)O)n(-c2ccccc2)c2ccccc12. The number of nitrogens with zero attached hydrogens (tertiary/aromatic N) is 1. The van der Waals surface area contributed by atoms with E-state index in [1.54, 1.807) is 4.57 Å². The third-order valence-electron chi connectivity index (χ3n) is 3.27. The number of ether oxygens (including phenoxy) is 2. The monoisotopic (exact) mass is 297 g/mol. The van der Waals surface area contributed by atoms with Gasteiger partial charge in [-0.05, 0) is 31.2 Å². The normalized spacial score (nSPS) is 10.6. The van der Waals surface area contributed by atoms with Crippen LogP contribution < -0.4 is 9.47 Å². The van der Waals surface area contributed by atoms with E-state index < -0.39 is 6.16 Å². The maximum Gasteiger partial charge on any atom is 0.512 e. The quantitative estimate of drug-likeness (QED) is 0.737. The lowest BCUT2D eigenvalue weighted by Gasteiger charge is -2.10. The van der Waals surface area contributed by atoms with E-state index in [0.29, 0.717) is 12.4 Å². The van der Waals surface area contributed by atoms with Crippen molar-refractivity contribution in [3.05, 3.63) is 54.6 Å². The van der Waals surface area contributed by atoms with Gasteiger partial charge in [-0.2, -0.15) is 0 Å². The molecule has 0 aliphatic carbocycles. The Morgan fingerprint density at radius 3 is 2.45 bits per heavy atom. The molecule has 3 aromatic rings. The predicted molar refractivity (Wildman–Crippen MR) is 83.1 cm³/mol. The molecule has 0 atom stereocenters. The maximum atomic E-state index is 11.1. The fourth-order valence-corrected chi connectivity index (χ4v) is 2.48. The number of carbonyl (C=O) groups is 1. The average Bonchev–Trinajstić information content (AvgIpc) is 2.82. The summed E-state index contributed by atoms with van der Waals surface area (Å²) in [5.41, 5.74) is 1.63. The zero-order chi connectivity index (χ0) is 15.5. The summed E-state index contributed by atoms with van der Waals surface area (Å²) in [6.07, 6.45) is -1.37. The molecule has 2 aromatic carbocycles. The first-order valence-corrected chi connectivity index (χ1v) is 6.94. The number of rotatable bonds is 4. The minimum absolute atomic E-state index is 0.168. The van der Waals surface area contributed by atoms with E-state index in [1.807, 2.05) is 61.5 Å². The van der Waals surface area contributed by atoms with Crippen molar-refractivity contribution in [2.24, 2.45) is 0 Å². The smallest absolute Gasteiger partial charge is 0.488 e. The van der Waals surface area contributed by atoms with E-state index in [2.05, 4.69) is 0 Å². The van der Waals surface area contributed by atoms with Crippen molar-refractivity contribution < 1.29 is 19.4 Å². The maximum absolute atomic E-state index is 11.1. The van der Waals surface area contributed by atoms with Crippen LogP contribution >= 0.6 is 0 Å². The molecule has 0 aliphatic rings. The van der Waals surface area contributed by atoms with Crippen LogP contribution in [0, 0.1) is 0 Å². The van der Waals surface area contributed by atoms with Gasteiger partial charge in [0.05, 0.1) is 12.1 Å². The lowest BCUT2D eigenvalue weighted by atomic mass is 10.2. The van der Waals surface area contributed by atoms with E-state index in [-0.39, 0.29) is 5.88 Å². The third kappa shape index (κ3) is 2.37. The lowest BCUT2D eigenvalue weighted by Crippen LogP contribution is -2.08. The first-order valence-electron chi connectivity index (χ1n) is 6.94. The summed E-state index contributed by atoms with van der Waals surface area (Å²) in [6.45, 7) is 2.26. The van der Waals surface area contributed by atoms with Gasteiger partial charge in [-0.1, -0.05) is 30.3 Å². The van der Waals surface area contributed by atoms with Gasteiger partial charge < -0.3 is 14.6 Å². The Balaban J connectivity index is 2.34. The summed E-state index contributed by atoms with van der Waals surface area (Å²) in [5.74, 6) is 0.603. The molecule has 5 heteroatoms. The summed E-state index contributed by atoms with van der Waals surface area (Å²) in [6, 6.07) is 17.0. The van der Waals surface area contributed by atoms with Crippen LogP contribution in [0.4, 0.5) is 4.79 Å². The van der Waals surface area contributed by atoms with Gasteiger partial charge >= 0.3 is 6.16 Å². The molecular weight excluding hydrogens is 282 g/mol. The topological polar surface area (TPSA) is 60.7 Å². The van der Waals surface area contributed by atoms with Gasteiger partial charge in [0.25, 0.3) is 5.88 Å². The molecular formula is C17H15NO4. The molecule has 0 spiro atoms. The molecule has 5 nitrogen and oxygen atoms in total. The number of aromatic nitrogens is 1. The second-order valence-corrected chi connectivity index (χ2v) is 4.62. The predicted octanol–water partition coefficient (Wildman–Crippen LogP) is 4.09. The molecule has 112 valence electrons. The van der Waals surface area contributed by atoms with Gasteiger partial charge in [-0.25, -0.2) is 4.79 Å². The summed E-state index contributed by atoms with van der Waals surface area (Å²) < 4.78 is 12.4. The molecule has 0 saturated heterocycles. The highest BCUT2D eigenvalue weighted by atomic mass is 16.7. The van der Waals surface area contributed by atoms with Crippen molar-refractivity contribution >= 4 is 17.1 Å². The zero-order valence-electron chi connectivity index (χ0n) is 12.0. The molecule has 0 saturated carbocycles. The Kier molecular flexibility index (Phi) is 3.70. The molecule has 0 unspecified atom stereocenters. The first-order chi connectivity index (χ1) is 10.7. The Hall–Kier alpha value is -2.95. The average molecular weight is 297 g/mol. The molecule has 0 radical (unpaired) electrons. The number of hydrogen-bond acceptors (Lipinski definition) is 3. The second kappa shape index (κ2) is 5.81. The standard InChI is InChI=1S/C17H15NO4/c1-2-21-15-13-10-6-7-11-14(13)18(16(15)22-17(19)20)12-8-4-3-5-9-12/h3-11H,2H2,1H3,(H,19,20). The molecule has 1 aromatic heterocycles. The molecule has 3 rings (SSSR count). The number of hydrogen-bond donors (Lipinski definition) is 1. The van der Waals surface area contributed by atoms with Gasteiger partial charge in [0.1, 0.15) is 0 Å². The summed E-state index contributed by atoms with van der Waals surface area (Å²) in [5, 5.41) is 9.87. The number of carboxylic acid groups (broad SMARTS) is 1. The highest BCUT2D eigenvalue weighted by Crippen LogP contribution is 2.41. The fraction of sp³-hybridized carbons (Fsp3) is 0.118. The van der Waals surface area contributed by atoms with Crippen molar-refractivity contribution in [1.29, 1.82) is 0 Å². The van der Waals surface area contributed by atoms with Crippen LogP contribution in [-0.4, -0.2) is 22.4 Å². The lowest BCUT2D eigenvalue weighted by molar-refractivity contribution is 0.139. The molecule has 1 N–H and O–H groups in total. The third-order valence-corrected chi connectivity index (χ3v) is 3.27. The summed E-state index contributed by atoms with van der Waals surface area (Å²) in [7, 11) is 0. The Morgan fingerprint density at radius 1 is 1.09 bits per heavy atom. The van der Waals surface area contributed by atoms with Gasteiger partial charge in [0.15, 0.2) is 5.75 Å². The Bertz CT molecular complexity index is 808. The van der Waals surface area contributed by atoms with Gasteiger partial charge in [0.2, 0.25) is 0 Å². The highest BCUT2D eigenvalue weighted by Gasteiger charge is 2.22. The van der Waals surface area contributed by atoms with Crippen LogP contribution in [0.5, 0.6) is 11.6 Å². The molecule has 22 heavy (non-hydrogen) atoms. The van der Waals surface area contributed by atoms with E-state index in [0.717, 1.165) is 16.6 Å². The number of benzene rings is 2. The van der Waals surface area contributed by atoms with Gasteiger partial charge in [-0.3, -0.25) is 4.57 Å². The van der Waals surface area contributed by atoms with E-state index in [4.69, 9.17) is 14.6 Å². The van der Waals surface area contributed by atoms with Crippen LogP contribution in [-0.2, 0) is 0 Å². The zero-order valence-corrected chi connectivity index (χ0v) is 12.0. The largest absolute Gasteiger partial charge is 0.512 e. The number of fused-ring (bicyclic) bond motifs is 1. The Labute approximate surface area is 127 Å². The van der Waals surface area contributed by atoms with Crippen LogP contribution in [0.3, 0.4) is 0 Å². The fourth-order valence-electron chi connectivity index (χ4n) is 2.48. The summed E-state index contributed by atoms with van der Waals surface area (Å²) in [4.78, 5) is 11.1. The second-order valence-electron chi connectivity index (χ2n) is 4.62. The molecule has 0 aliphatic heterocycles. The van der Waals surface area contributed by atoms with E-state index in [9.17, 15) is 4.79 Å². The Morgan fingerprint density at radius 2 is 1.77 bits per heavy atom. The molecule has 0 fully saturated rings. The first kappa shape index (κ1) is 14.0. The van der Waals surface area contributed by atoms with Gasteiger partial charge in [0, 0.05) is 11.1 Å².